The van der Waals surface area contributed by atoms with Crippen molar-refractivity contribution in [1.82, 2.24) is 0 Å². The van der Waals surface area contributed by atoms with Gasteiger partial charge in [0.2, 0.25) is 0 Å². The lowest BCUT2D eigenvalue weighted by Gasteiger charge is -2.30. The standard InChI is InChI=1S/C15H30/c1-4-14-11-9-7-5-6-8-10-12-15(14)13(2)3/h13-15H,4-12H2,1-3H3. The van der Waals surface area contributed by atoms with Crippen LogP contribution in [0.2, 0.25) is 0 Å². The summed E-state index contributed by atoms with van der Waals surface area (Å²) in [5, 5.41) is 0. The minimum Gasteiger partial charge on any atom is -0.0651 e. The second-order valence-corrected chi connectivity index (χ2v) is 5.77. The van der Waals surface area contributed by atoms with Gasteiger partial charge in [0.1, 0.15) is 0 Å². The fraction of sp³-hybridized carbons (Fsp3) is 1.00. The van der Waals surface area contributed by atoms with E-state index in [9.17, 15) is 0 Å². The van der Waals surface area contributed by atoms with Gasteiger partial charge in [-0.25, -0.2) is 0 Å². The van der Waals surface area contributed by atoms with E-state index in [2.05, 4.69) is 20.8 Å². The summed E-state index contributed by atoms with van der Waals surface area (Å²) >= 11 is 0. The molecule has 0 aromatic heterocycles. The molecule has 1 aliphatic carbocycles. The van der Waals surface area contributed by atoms with Gasteiger partial charge in [-0.3, -0.25) is 0 Å². The van der Waals surface area contributed by atoms with Crippen LogP contribution in [0.3, 0.4) is 0 Å². The van der Waals surface area contributed by atoms with Crippen LogP contribution in [-0.2, 0) is 0 Å². The van der Waals surface area contributed by atoms with E-state index in [0.29, 0.717) is 0 Å². The molecule has 0 aromatic carbocycles. The smallest absolute Gasteiger partial charge is 0.0363 e. The normalized spacial score (nSPS) is 30.4. The predicted octanol–water partition coefficient (Wildman–Crippen LogP) is 5.42. The summed E-state index contributed by atoms with van der Waals surface area (Å²) < 4.78 is 0. The van der Waals surface area contributed by atoms with Crippen LogP contribution in [0.5, 0.6) is 0 Å². The Hall–Kier alpha value is 0. The van der Waals surface area contributed by atoms with Gasteiger partial charge in [-0.05, 0) is 24.2 Å². The van der Waals surface area contributed by atoms with Crippen LogP contribution in [0.15, 0.2) is 0 Å². The highest BCUT2D eigenvalue weighted by atomic mass is 14.3. The largest absolute Gasteiger partial charge is 0.0651 e. The number of hydrogen-bond donors (Lipinski definition) is 0. The van der Waals surface area contributed by atoms with E-state index in [4.69, 9.17) is 0 Å². The van der Waals surface area contributed by atoms with Crippen molar-refractivity contribution in [2.45, 2.75) is 78.6 Å². The lowest BCUT2D eigenvalue weighted by Crippen LogP contribution is -2.20. The molecule has 0 saturated heterocycles. The second-order valence-electron chi connectivity index (χ2n) is 5.77. The highest BCUT2D eigenvalue weighted by molar-refractivity contribution is 4.73. The zero-order valence-corrected chi connectivity index (χ0v) is 11.1. The van der Waals surface area contributed by atoms with Crippen molar-refractivity contribution in [2.24, 2.45) is 17.8 Å². The van der Waals surface area contributed by atoms with E-state index >= 15 is 0 Å². The fourth-order valence-corrected chi connectivity index (χ4v) is 3.33. The maximum absolute atomic E-state index is 2.43. The molecule has 0 heterocycles. The van der Waals surface area contributed by atoms with Crippen molar-refractivity contribution in [3.63, 3.8) is 0 Å². The third-order valence-electron chi connectivity index (χ3n) is 4.35. The molecule has 0 heteroatoms. The monoisotopic (exact) mass is 210 g/mol. The van der Waals surface area contributed by atoms with Crippen LogP contribution in [0.4, 0.5) is 0 Å². The molecule has 0 radical (unpaired) electrons. The van der Waals surface area contributed by atoms with Gasteiger partial charge >= 0.3 is 0 Å². The first-order chi connectivity index (χ1) is 7.25. The van der Waals surface area contributed by atoms with E-state index in [1.165, 1.54) is 57.8 Å². The van der Waals surface area contributed by atoms with Gasteiger partial charge in [0.15, 0.2) is 0 Å². The molecule has 1 saturated carbocycles. The third kappa shape index (κ3) is 4.57. The van der Waals surface area contributed by atoms with Gasteiger partial charge in [-0.1, -0.05) is 72.1 Å². The number of rotatable bonds is 2. The Labute approximate surface area is 96.8 Å². The predicted molar refractivity (Wildman–Crippen MR) is 69.0 cm³/mol. The van der Waals surface area contributed by atoms with E-state index in [0.717, 1.165) is 17.8 Å². The van der Waals surface area contributed by atoms with E-state index in [-0.39, 0.29) is 0 Å². The molecular formula is C15H30. The summed E-state index contributed by atoms with van der Waals surface area (Å²) in [5.74, 6) is 2.92. The molecule has 90 valence electrons. The average molecular weight is 210 g/mol. The second kappa shape index (κ2) is 7.30. The Morgan fingerprint density at radius 2 is 1.40 bits per heavy atom. The van der Waals surface area contributed by atoms with Gasteiger partial charge in [-0.15, -0.1) is 0 Å². The van der Waals surface area contributed by atoms with Gasteiger partial charge < -0.3 is 0 Å². The highest BCUT2D eigenvalue weighted by Crippen LogP contribution is 2.33. The minimum absolute atomic E-state index is 0.898. The Bertz CT molecular complexity index is 148. The lowest BCUT2D eigenvalue weighted by atomic mass is 9.75. The topological polar surface area (TPSA) is 0 Å². The molecule has 0 aliphatic heterocycles. The summed E-state index contributed by atoms with van der Waals surface area (Å²) in [4.78, 5) is 0. The Balaban J connectivity index is 2.50. The van der Waals surface area contributed by atoms with Crippen LogP contribution in [0.25, 0.3) is 0 Å². The molecule has 0 spiro atoms. The molecule has 1 fully saturated rings. The zero-order valence-electron chi connectivity index (χ0n) is 11.1. The van der Waals surface area contributed by atoms with Gasteiger partial charge in [0, 0.05) is 0 Å². The van der Waals surface area contributed by atoms with Crippen LogP contribution < -0.4 is 0 Å². The average Bonchev–Trinajstić information content (AvgIpc) is 2.24. The molecule has 1 rings (SSSR count). The van der Waals surface area contributed by atoms with Crippen LogP contribution in [0.1, 0.15) is 78.6 Å². The van der Waals surface area contributed by atoms with Crippen molar-refractivity contribution in [3.8, 4) is 0 Å². The van der Waals surface area contributed by atoms with Crippen LogP contribution in [-0.4, -0.2) is 0 Å². The summed E-state index contributed by atoms with van der Waals surface area (Å²) in [6, 6.07) is 0. The van der Waals surface area contributed by atoms with Crippen molar-refractivity contribution >= 4 is 0 Å². The molecule has 0 nitrogen and oxygen atoms in total. The molecule has 2 unspecified atom stereocenters. The van der Waals surface area contributed by atoms with E-state index in [1.807, 2.05) is 0 Å². The maximum Gasteiger partial charge on any atom is -0.0363 e. The molecule has 1 aliphatic rings. The Kier molecular flexibility index (Phi) is 6.36. The van der Waals surface area contributed by atoms with Crippen molar-refractivity contribution in [1.29, 1.82) is 0 Å². The first-order valence-electron chi connectivity index (χ1n) is 7.25. The van der Waals surface area contributed by atoms with Gasteiger partial charge in [0.25, 0.3) is 0 Å². The summed E-state index contributed by atoms with van der Waals surface area (Å²) in [6.45, 7) is 7.25. The molecule has 0 aromatic rings. The first-order valence-corrected chi connectivity index (χ1v) is 7.25. The van der Waals surface area contributed by atoms with Gasteiger partial charge in [-0.2, -0.15) is 0 Å². The summed E-state index contributed by atoms with van der Waals surface area (Å²) in [6.07, 6.45) is 13.3. The van der Waals surface area contributed by atoms with Crippen molar-refractivity contribution in [2.75, 3.05) is 0 Å². The Morgan fingerprint density at radius 3 is 1.93 bits per heavy atom. The van der Waals surface area contributed by atoms with E-state index in [1.54, 1.807) is 0 Å². The highest BCUT2D eigenvalue weighted by Gasteiger charge is 2.22. The molecule has 0 N–H and O–H groups in total. The third-order valence-corrected chi connectivity index (χ3v) is 4.35. The summed E-state index contributed by atoms with van der Waals surface area (Å²) in [5.41, 5.74) is 0. The quantitative estimate of drug-likeness (QED) is 0.571. The summed E-state index contributed by atoms with van der Waals surface area (Å²) in [7, 11) is 0. The van der Waals surface area contributed by atoms with Crippen molar-refractivity contribution in [3.05, 3.63) is 0 Å². The van der Waals surface area contributed by atoms with E-state index < -0.39 is 0 Å². The van der Waals surface area contributed by atoms with Crippen LogP contribution in [0, 0.1) is 17.8 Å². The van der Waals surface area contributed by atoms with Crippen LogP contribution >= 0.6 is 0 Å². The SMILES string of the molecule is CCC1CCCCCCCCC1C(C)C. The fourth-order valence-electron chi connectivity index (χ4n) is 3.33. The zero-order chi connectivity index (χ0) is 11.1. The molecule has 15 heavy (non-hydrogen) atoms. The Morgan fingerprint density at radius 1 is 0.867 bits per heavy atom. The van der Waals surface area contributed by atoms with Gasteiger partial charge in [0.05, 0.1) is 0 Å². The maximum atomic E-state index is 2.43. The molecule has 0 amide bonds. The van der Waals surface area contributed by atoms with Crippen molar-refractivity contribution < 1.29 is 0 Å². The lowest BCUT2D eigenvalue weighted by molar-refractivity contribution is 0.204. The molecular weight excluding hydrogens is 180 g/mol. The number of hydrogen-bond acceptors (Lipinski definition) is 0. The molecule has 2 atom stereocenters. The molecule has 0 bridgehead atoms. The minimum atomic E-state index is 0.898. The first kappa shape index (κ1) is 13.1.